The summed E-state index contributed by atoms with van der Waals surface area (Å²) in [6.45, 7) is 1.74. The number of nitrogens with zero attached hydrogens (tertiary/aromatic N) is 1. The van der Waals surface area contributed by atoms with E-state index in [1.165, 1.54) is 0 Å². The number of nitriles is 1. The number of benzene rings is 3. The molecule has 2 amide bonds. The monoisotopic (exact) mass is 383 g/mol. The first kappa shape index (κ1) is 19.8. The molecule has 0 aliphatic heterocycles. The van der Waals surface area contributed by atoms with E-state index in [4.69, 9.17) is 5.26 Å². The van der Waals surface area contributed by atoms with Gasteiger partial charge in [-0.2, -0.15) is 5.26 Å². The SMILES string of the molecule is CC(NC(=O)CNC(=O)c1ccc(-c2ccccc2)cc1)c1ccc(C#N)cc1. The lowest BCUT2D eigenvalue weighted by Crippen LogP contribution is -2.38. The third-order valence-electron chi connectivity index (χ3n) is 4.58. The Bertz CT molecular complexity index is 1020. The van der Waals surface area contributed by atoms with Crippen LogP contribution in [0.1, 0.15) is 34.5 Å². The molecule has 5 heteroatoms. The molecule has 0 aliphatic carbocycles. The largest absolute Gasteiger partial charge is 0.348 e. The highest BCUT2D eigenvalue weighted by molar-refractivity contribution is 5.96. The van der Waals surface area contributed by atoms with Crippen LogP contribution in [0.25, 0.3) is 11.1 Å². The van der Waals surface area contributed by atoms with E-state index in [9.17, 15) is 9.59 Å². The first-order valence-corrected chi connectivity index (χ1v) is 9.30. The summed E-state index contributed by atoms with van der Waals surface area (Å²) in [7, 11) is 0. The Morgan fingerprint density at radius 2 is 1.52 bits per heavy atom. The Morgan fingerprint density at radius 1 is 0.897 bits per heavy atom. The van der Waals surface area contributed by atoms with Gasteiger partial charge in [-0.15, -0.1) is 0 Å². The van der Waals surface area contributed by atoms with E-state index in [0.717, 1.165) is 16.7 Å². The minimum Gasteiger partial charge on any atom is -0.348 e. The zero-order valence-electron chi connectivity index (χ0n) is 16.1. The summed E-state index contributed by atoms with van der Waals surface area (Å²) in [4.78, 5) is 24.4. The lowest BCUT2D eigenvalue weighted by Gasteiger charge is -2.15. The molecule has 29 heavy (non-hydrogen) atoms. The van der Waals surface area contributed by atoms with E-state index in [-0.39, 0.29) is 24.4 Å². The van der Waals surface area contributed by atoms with E-state index in [2.05, 4.69) is 16.7 Å². The molecule has 3 rings (SSSR count). The number of hydrogen-bond donors (Lipinski definition) is 2. The molecule has 0 saturated heterocycles. The number of carbonyl (C=O) groups excluding carboxylic acids is 2. The van der Waals surface area contributed by atoms with Crippen LogP contribution in [0.4, 0.5) is 0 Å². The third kappa shape index (κ3) is 5.30. The molecule has 5 nitrogen and oxygen atoms in total. The third-order valence-corrected chi connectivity index (χ3v) is 4.58. The summed E-state index contributed by atoms with van der Waals surface area (Å²) >= 11 is 0. The summed E-state index contributed by atoms with van der Waals surface area (Å²) in [6.07, 6.45) is 0. The molecule has 0 spiro atoms. The number of nitrogens with one attached hydrogen (secondary N) is 2. The Labute approximate surface area is 170 Å². The summed E-state index contributed by atoms with van der Waals surface area (Å²) in [5.74, 6) is -0.582. The van der Waals surface area contributed by atoms with E-state index in [1.807, 2.05) is 49.4 Å². The van der Waals surface area contributed by atoms with Gasteiger partial charge in [-0.1, -0.05) is 54.6 Å². The molecule has 3 aromatic rings. The van der Waals surface area contributed by atoms with Gasteiger partial charge in [0.05, 0.1) is 24.2 Å². The number of rotatable bonds is 6. The van der Waals surface area contributed by atoms with Crippen molar-refractivity contribution in [1.82, 2.24) is 10.6 Å². The standard InChI is InChI=1S/C24H21N3O2/c1-17(19-9-7-18(15-25)8-10-19)27-23(28)16-26-24(29)22-13-11-21(12-14-22)20-5-3-2-4-6-20/h2-14,17H,16H2,1H3,(H,26,29)(H,27,28). The van der Waals surface area contributed by atoms with Crippen molar-refractivity contribution >= 4 is 11.8 Å². The van der Waals surface area contributed by atoms with E-state index in [1.54, 1.807) is 36.4 Å². The van der Waals surface area contributed by atoms with Crippen LogP contribution in [-0.2, 0) is 4.79 Å². The molecule has 0 heterocycles. The second kappa shape index (κ2) is 9.34. The lowest BCUT2D eigenvalue weighted by molar-refractivity contribution is -0.120. The van der Waals surface area contributed by atoms with Gasteiger partial charge in [0.15, 0.2) is 0 Å². The molecule has 0 saturated carbocycles. The normalized spacial score (nSPS) is 11.2. The summed E-state index contributed by atoms with van der Waals surface area (Å²) in [6, 6.07) is 26.0. The predicted molar refractivity (Wildman–Crippen MR) is 112 cm³/mol. The zero-order chi connectivity index (χ0) is 20.6. The van der Waals surface area contributed by atoms with Crippen molar-refractivity contribution in [2.45, 2.75) is 13.0 Å². The number of amides is 2. The van der Waals surface area contributed by atoms with Crippen LogP contribution < -0.4 is 10.6 Å². The first-order chi connectivity index (χ1) is 14.1. The van der Waals surface area contributed by atoms with Gasteiger partial charge in [-0.25, -0.2) is 0 Å². The van der Waals surface area contributed by atoms with Crippen molar-refractivity contribution in [3.05, 3.63) is 95.6 Å². The van der Waals surface area contributed by atoms with Crippen molar-refractivity contribution < 1.29 is 9.59 Å². The van der Waals surface area contributed by atoms with Crippen LogP contribution >= 0.6 is 0 Å². The molecule has 0 radical (unpaired) electrons. The average molecular weight is 383 g/mol. The second-order valence-corrected chi connectivity index (χ2v) is 6.65. The van der Waals surface area contributed by atoms with Crippen molar-refractivity contribution in [2.24, 2.45) is 0 Å². The Hall–Kier alpha value is -3.91. The average Bonchev–Trinajstić information content (AvgIpc) is 2.78. The van der Waals surface area contributed by atoms with Crippen LogP contribution in [0.2, 0.25) is 0 Å². The maximum absolute atomic E-state index is 12.3. The predicted octanol–water partition coefficient (Wildman–Crippen LogP) is 3.83. The fraction of sp³-hybridized carbons (Fsp3) is 0.125. The lowest BCUT2D eigenvalue weighted by atomic mass is 10.0. The highest BCUT2D eigenvalue weighted by Gasteiger charge is 2.12. The van der Waals surface area contributed by atoms with Gasteiger partial charge in [0.25, 0.3) is 5.91 Å². The maximum Gasteiger partial charge on any atom is 0.251 e. The summed E-state index contributed by atoms with van der Waals surface area (Å²) < 4.78 is 0. The molecule has 1 unspecified atom stereocenters. The van der Waals surface area contributed by atoms with Gasteiger partial charge in [0, 0.05) is 5.56 Å². The molecule has 0 aliphatic rings. The Morgan fingerprint density at radius 3 is 2.14 bits per heavy atom. The second-order valence-electron chi connectivity index (χ2n) is 6.65. The highest BCUT2D eigenvalue weighted by Crippen LogP contribution is 2.19. The van der Waals surface area contributed by atoms with Crippen molar-refractivity contribution in [1.29, 1.82) is 5.26 Å². The van der Waals surface area contributed by atoms with Gasteiger partial charge in [-0.05, 0) is 47.9 Å². The van der Waals surface area contributed by atoms with E-state index in [0.29, 0.717) is 11.1 Å². The van der Waals surface area contributed by atoms with E-state index >= 15 is 0 Å². The summed E-state index contributed by atoms with van der Waals surface area (Å²) in [5, 5.41) is 14.3. The smallest absolute Gasteiger partial charge is 0.251 e. The molecular formula is C24H21N3O2. The molecule has 3 aromatic carbocycles. The fourth-order valence-electron chi connectivity index (χ4n) is 2.93. The van der Waals surface area contributed by atoms with Gasteiger partial charge in [0.1, 0.15) is 0 Å². The molecule has 2 N–H and O–H groups in total. The number of carbonyl (C=O) groups is 2. The van der Waals surface area contributed by atoms with Crippen molar-refractivity contribution in [2.75, 3.05) is 6.54 Å². The topological polar surface area (TPSA) is 82.0 Å². The quantitative estimate of drug-likeness (QED) is 0.679. The van der Waals surface area contributed by atoms with Crippen molar-refractivity contribution in [3.8, 4) is 17.2 Å². The van der Waals surface area contributed by atoms with Crippen LogP contribution in [0, 0.1) is 11.3 Å². The van der Waals surface area contributed by atoms with Gasteiger partial charge >= 0.3 is 0 Å². The van der Waals surface area contributed by atoms with Crippen LogP contribution in [0.15, 0.2) is 78.9 Å². The van der Waals surface area contributed by atoms with E-state index < -0.39 is 0 Å². The molecule has 0 fully saturated rings. The molecular weight excluding hydrogens is 362 g/mol. The van der Waals surface area contributed by atoms with Crippen LogP contribution in [-0.4, -0.2) is 18.4 Å². The maximum atomic E-state index is 12.3. The van der Waals surface area contributed by atoms with Gasteiger partial charge < -0.3 is 10.6 Å². The summed E-state index contributed by atoms with van der Waals surface area (Å²) in [5.41, 5.74) is 4.06. The van der Waals surface area contributed by atoms with Crippen molar-refractivity contribution in [3.63, 3.8) is 0 Å². The molecule has 0 aromatic heterocycles. The molecule has 144 valence electrons. The minimum atomic E-state index is -0.300. The minimum absolute atomic E-state index is 0.111. The fourth-order valence-corrected chi connectivity index (χ4v) is 2.93. The van der Waals surface area contributed by atoms with Gasteiger partial charge in [-0.3, -0.25) is 9.59 Å². The Balaban J connectivity index is 1.51. The first-order valence-electron chi connectivity index (χ1n) is 9.30. The van der Waals surface area contributed by atoms with Crippen LogP contribution in [0.5, 0.6) is 0 Å². The molecule has 1 atom stereocenters. The van der Waals surface area contributed by atoms with Crippen LogP contribution in [0.3, 0.4) is 0 Å². The number of hydrogen-bond acceptors (Lipinski definition) is 3. The molecule has 0 bridgehead atoms. The Kier molecular flexibility index (Phi) is 6.39. The zero-order valence-corrected chi connectivity index (χ0v) is 16.1. The highest BCUT2D eigenvalue weighted by atomic mass is 16.2. The van der Waals surface area contributed by atoms with Gasteiger partial charge in [0.2, 0.25) is 5.91 Å².